The molecule has 0 amide bonds. The summed E-state index contributed by atoms with van der Waals surface area (Å²) in [6.07, 6.45) is 8.55. The predicted molar refractivity (Wildman–Crippen MR) is 219 cm³/mol. The van der Waals surface area contributed by atoms with Crippen molar-refractivity contribution in [3.05, 3.63) is 98.1 Å². The first-order valence-corrected chi connectivity index (χ1v) is 23.4. The Kier molecular flexibility index (Phi) is 8.46. The van der Waals surface area contributed by atoms with E-state index in [-0.39, 0.29) is 23.3 Å². The summed E-state index contributed by atoms with van der Waals surface area (Å²) in [4.78, 5) is 27.2. The topological polar surface area (TPSA) is 97.9 Å². The van der Waals surface area contributed by atoms with Crippen molar-refractivity contribution in [3.63, 3.8) is 0 Å². The van der Waals surface area contributed by atoms with Crippen molar-refractivity contribution in [1.82, 2.24) is 4.58 Å². The van der Waals surface area contributed by atoms with Crippen LogP contribution in [0.25, 0.3) is 16.7 Å². The molecule has 7 nitrogen and oxygen atoms in total. The molecule has 0 fully saturated rings. The zero-order valence-electron chi connectivity index (χ0n) is 32.1. The molecule has 2 N–H and O–H groups in total. The van der Waals surface area contributed by atoms with E-state index >= 15 is 0 Å². The van der Waals surface area contributed by atoms with E-state index in [2.05, 4.69) is 81.8 Å². The summed E-state index contributed by atoms with van der Waals surface area (Å²) in [6, 6.07) is 13.0. The molecule has 5 aliphatic rings. The first-order valence-electron chi connectivity index (χ1n) is 19.2. The summed E-state index contributed by atoms with van der Waals surface area (Å²) >= 11 is 0. The number of hydrogen-bond acceptors (Lipinski definition) is 4. The highest BCUT2D eigenvalue weighted by atomic mass is 32.2. The molecule has 0 aromatic heterocycles. The Balaban J connectivity index is 1.58. The molecule has 0 aliphatic carbocycles. The second-order valence-corrected chi connectivity index (χ2v) is 23.0. The molecule has 3 aromatic rings. The molecule has 0 radical (unpaired) electrons. The summed E-state index contributed by atoms with van der Waals surface area (Å²) < 4.78 is 16.3. The largest absolute Gasteiger partial charge is 0.481 e. The van der Waals surface area contributed by atoms with Crippen molar-refractivity contribution >= 4 is 63.6 Å². The maximum Gasteiger partial charge on any atom is 0.336 e. The van der Waals surface area contributed by atoms with E-state index in [9.17, 15) is 24.0 Å². The summed E-state index contributed by atoms with van der Waals surface area (Å²) in [5.74, 6) is -1.28. The summed E-state index contributed by atoms with van der Waals surface area (Å²) in [5, 5.41) is 25.3. The van der Waals surface area contributed by atoms with Gasteiger partial charge in [-0.1, -0.05) is 30.8 Å². The van der Waals surface area contributed by atoms with Gasteiger partial charge in [-0.3, -0.25) is 9.00 Å². The molecule has 53 heavy (non-hydrogen) atoms. The van der Waals surface area contributed by atoms with Crippen LogP contribution >= 0.6 is 0 Å². The molecule has 9 heteroatoms. The van der Waals surface area contributed by atoms with Crippen LogP contribution in [0, 0.1) is 0 Å². The minimum atomic E-state index is -2.79. The number of carbonyl (C=O) groups is 2. The van der Waals surface area contributed by atoms with Gasteiger partial charge in [0.05, 0.1) is 17.5 Å². The second-order valence-electron chi connectivity index (χ2n) is 17.1. The Hall–Kier alpha value is -4.08. The lowest BCUT2D eigenvalue weighted by atomic mass is 9.80. The number of benzene rings is 3. The van der Waals surface area contributed by atoms with Gasteiger partial charge in [0.2, 0.25) is 5.36 Å². The van der Waals surface area contributed by atoms with Gasteiger partial charge in [-0.2, -0.15) is 0 Å². The lowest BCUT2D eigenvalue weighted by Gasteiger charge is -2.49. The van der Waals surface area contributed by atoms with Crippen LogP contribution in [-0.4, -0.2) is 70.1 Å². The van der Waals surface area contributed by atoms with E-state index in [1.54, 1.807) is 6.07 Å². The van der Waals surface area contributed by atoms with Crippen molar-refractivity contribution in [2.24, 2.45) is 0 Å². The Morgan fingerprint density at radius 3 is 2.34 bits per heavy atom. The SMILES string of the molecule is CC1=CC(C)(C)N2CCCc3c2c1cc1c3[Si](C)(CCS(=O)CCC(=O)O)c2c3c4c(cc2=C1c1ccccc1C(=O)O)C(C)=CC(C)(C)[N+]=4CCC3. The molecular weight excluding hydrogens is 697 g/mol. The molecule has 0 saturated carbocycles. The van der Waals surface area contributed by atoms with Crippen LogP contribution in [0.2, 0.25) is 12.6 Å². The maximum absolute atomic E-state index is 13.7. The van der Waals surface area contributed by atoms with Gasteiger partial charge in [0.25, 0.3) is 0 Å². The van der Waals surface area contributed by atoms with Gasteiger partial charge >= 0.3 is 11.9 Å². The number of aliphatic carboxylic acids is 1. The van der Waals surface area contributed by atoms with Gasteiger partial charge in [-0.25, -0.2) is 9.37 Å². The van der Waals surface area contributed by atoms with E-state index in [1.165, 1.54) is 54.8 Å². The zero-order chi connectivity index (χ0) is 37.8. The van der Waals surface area contributed by atoms with Crippen LogP contribution < -0.4 is 30.4 Å². The Labute approximate surface area is 315 Å². The van der Waals surface area contributed by atoms with Gasteiger partial charge in [0.1, 0.15) is 14.6 Å². The number of anilines is 1. The van der Waals surface area contributed by atoms with Gasteiger partial charge in [-0.15, -0.1) is 0 Å². The molecule has 2 unspecified atom stereocenters. The number of fused-ring (bicyclic) bond motifs is 4. The van der Waals surface area contributed by atoms with E-state index in [0.29, 0.717) is 11.3 Å². The van der Waals surface area contributed by atoms with Crippen molar-refractivity contribution in [2.75, 3.05) is 29.5 Å². The molecule has 276 valence electrons. The molecular formula is C44H51N2O5SSi+. The van der Waals surface area contributed by atoms with Crippen molar-refractivity contribution < 1.29 is 24.0 Å². The summed E-state index contributed by atoms with van der Waals surface area (Å²) in [7, 11) is -4.08. The van der Waals surface area contributed by atoms with Crippen LogP contribution in [-0.2, 0) is 28.4 Å². The molecule has 5 aliphatic heterocycles. The number of rotatable bonds is 8. The molecule has 2 atom stereocenters. The summed E-state index contributed by atoms with van der Waals surface area (Å²) in [5.41, 5.74) is 11.8. The van der Waals surface area contributed by atoms with Gasteiger partial charge in [-0.05, 0) is 126 Å². The van der Waals surface area contributed by atoms with Crippen molar-refractivity contribution in [1.29, 1.82) is 0 Å². The minimum Gasteiger partial charge on any atom is -0.481 e. The molecule has 0 saturated heterocycles. The monoisotopic (exact) mass is 747 g/mol. The molecule has 3 aromatic carbocycles. The highest BCUT2D eigenvalue weighted by Crippen LogP contribution is 2.46. The minimum absolute atomic E-state index is 0.106. The van der Waals surface area contributed by atoms with Crippen molar-refractivity contribution in [3.8, 4) is 0 Å². The number of allylic oxidation sites excluding steroid dienone is 2. The van der Waals surface area contributed by atoms with E-state index in [1.807, 2.05) is 18.2 Å². The Bertz CT molecular complexity index is 2390. The number of hydrogen-bond donors (Lipinski definition) is 2. The van der Waals surface area contributed by atoms with Crippen LogP contribution in [0.1, 0.15) is 105 Å². The van der Waals surface area contributed by atoms with Gasteiger partial charge in [0, 0.05) is 71.5 Å². The first-order chi connectivity index (χ1) is 25.0. The molecule has 0 bridgehead atoms. The third kappa shape index (κ3) is 5.47. The van der Waals surface area contributed by atoms with Crippen LogP contribution in [0.5, 0.6) is 0 Å². The quantitative estimate of drug-likeness (QED) is 0.251. The fraction of sp³-hybridized carbons (Fsp3) is 0.432. The highest BCUT2D eigenvalue weighted by molar-refractivity contribution is 7.85. The fourth-order valence-electron chi connectivity index (χ4n) is 10.7. The average molecular weight is 748 g/mol. The smallest absolute Gasteiger partial charge is 0.336 e. The van der Waals surface area contributed by atoms with Crippen molar-refractivity contribution in [2.45, 2.75) is 97.3 Å². The molecule has 0 spiro atoms. The van der Waals surface area contributed by atoms with Gasteiger partial charge in [0.15, 0.2) is 5.54 Å². The lowest BCUT2D eigenvalue weighted by Crippen LogP contribution is -2.70. The fourth-order valence-corrected chi connectivity index (χ4v) is 18.0. The second kappa shape index (κ2) is 12.5. The maximum atomic E-state index is 13.7. The van der Waals surface area contributed by atoms with E-state index in [4.69, 9.17) is 0 Å². The normalized spacial score (nSPS) is 22.1. The number of carboxylic acid groups (broad SMARTS) is 2. The van der Waals surface area contributed by atoms with E-state index in [0.717, 1.165) is 66.7 Å². The third-order valence-electron chi connectivity index (χ3n) is 12.8. The number of carboxylic acids is 2. The Morgan fingerprint density at radius 1 is 0.887 bits per heavy atom. The predicted octanol–water partition coefficient (Wildman–Crippen LogP) is 4.94. The number of nitrogens with zero attached hydrogens (tertiary/aromatic N) is 2. The van der Waals surface area contributed by atoms with Crippen LogP contribution in [0.4, 0.5) is 5.69 Å². The zero-order valence-corrected chi connectivity index (χ0v) is 33.9. The van der Waals surface area contributed by atoms with Crippen LogP contribution in [0.3, 0.4) is 0 Å². The van der Waals surface area contributed by atoms with E-state index < -0.39 is 30.8 Å². The molecule has 5 heterocycles. The van der Waals surface area contributed by atoms with Crippen LogP contribution in [0.15, 0.2) is 48.6 Å². The lowest BCUT2D eigenvalue weighted by molar-refractivity contribution is -0.136. The third-order valence-corrected chi connectivity index (χ3v) is 19.1. The Morgan fingerprint density at radius 2 is 1.60 bits per heavy atom. The molecule has 8 rings (SSSR count). The number of aromatic carboxylic acids is 1. The average Bonchev–Trinajstić information content (AvgIpc) is 3.10. The van der Waals surface area contributed by atoms with Gasteiger partial charge < -0.3 is 15.1 Å². The summed E-state index contributed by atoms with van der Waals surface area (Å²) in [6.45, 7) is 18.0. The first kappa shape index (κ1) is 35.9. The standard InChI is InChI=1S/C44H50N2O5SSi/c1-26-24-43(3,4)45-17-10-14-30-38(45)32(26)22-34-37(28-12-8-9-13-29(28)42(49)50)35-23-33-27(2)25-44(5,6)46-18-11-15-31(39(33)46)41(35)53(7,40(30)34)21-20-52(51)19-16-36(47)48/h8-9,12-13,22-25H,10-11,14-21H2,1-7H3,(H-,47,48,49,50)/p+1. The highest BCUT2D eigenvalue weighted by Gasteiger charge is 2.49.